The number of hydrogen-bond donors (Lipinski definition) is 2. The Morgan fingerprint density at radius 1 is 1.45 bits per heavy atom. The summed E-state index contributed by atoms with van der Waals surface area (Å²) in [4.78, 5) is 22.0. The van der Waals surface area contributed by atoms with Crippen molar-refractivity contribution in [2.45, 2.75) is 26.2 Å². The first-order valence-corrected chi connectivity index (χ1v) is 6.75. The van der Waals surface area contributed by atoms with Crippen molar-refractivity contribution in [1.29, 1.82) is 0 Å². The van der Waals surface area contributed by atoms with E-state index in [-0.39, 0.29) is 22.6 Å². The highest BCUT2D eigenvalue weighted by atomic mass is 32.1. The predicted octanol–water partition coefficient (Wildman–Crippen LogP) is 2.52. The van der Waals surface area contributed by atoms with Crippen LogP contribution in [0.25, 0.3) is 0 Å². The van der Waals surface area contributed by atoms with E-state index >= 15 is 0 Å². The lowest BCUT2D eigenvalue weighted by Gasteiger charge is -2.24. The van der Waals surface area contributed by atoms with Crippen molar-refractivity contribution in [1.82, 2.24) is 5.32 Å². The lowest BCUT2D eigenvalue weighted by Crippen LogP contribution is -2.40. The van der Waals surface area contributed by atoms with E-state index in [0.29, 0.717) is 5.69 Å². The highest BCUT2D eigenvalue weighted by Crippen LogP contribution is 2.26. The fourth-order valence-corrected chi connectivity index (χ4v) is 2.11. The maximum Gasteiger partial charge on any atom is 0.271 e. The average Bonchev–Trinajstić information content (AvgIpc) is 2.28. The van der Waals surface area contributed by atoms with Crippen LogP contribution in [0.1, 0.15) is 24.8 Å². The van der Waals surface area contributed by atoms with E-state index < -0.39 is 4.92 Å². The van der Waals surface area contributed by atoms with E-state index in [1.54, 1.807) is 6.07 Å². The normalized spacial score (nSPS) is 14.2. The van der Waals surface area contributed by atoms with Crippen LogP contribution in [0.4, 0.5) is 11.4 Å². The summed E-state index contributed by atoms with van der Waals surface area (Å²) < 4.78 is 0. The van der Waals surface area contributed by atoms with Crippen molar-refractivity contribution in [2.24, 2.45) is 5.92 Å². The number of thiocarbonyl (C=S) groups is 1. The number of nitro benzene ring substituents is 1. The number of nitro groups is 1. The Balaban J connectivity index is 2.01. The second-order valence-electron chi connectivity index (χ2n) is 4.83. The fourth-order valence-electron chi connectivity index (χ4n) is 1.90. The summed E-state index contributed by atoms with van der Waals surface area (Å²) in [6, 6.07) is 4.46. The fraction of sp³-hybridized carbons (Fsp3) is 0.385. The molecule has 0 heterocycles. The average molecular weight is 293 g/mol. The molecule has 1 amide bonds. The molecule has 2 N–H and O–H groups in total. The van der Waals surface area contributed by atoms with E-state index in [0.717, 1.165) is 24.8 Å². The minimum Gasteiger partial charge on any atom is -0.332 e. The van der Waals surface area contributed by atoms with Gasteiger partial charge in [-0.05, 0) is 37.5 Å². The van der Waals surface area contributed by atoms with Gasteiger partial charge in [0.2, 0.25) is 5.91 Å². The molecule has 0 aromatic heterocycles. The molecule has 0 atom stereocenters. The van der Waals surface area contributed by atoms with Crippen molar-refractivity contribution in [3.05, 3.63) is 33.9 Å². The molecule has 0 radical (unpaired) electrons. The largest absolute Gasteiger partial charge is 0.332 e. The molecule has 0 spiro atoms. The molecule has 6 nitrogen and oxygen atoms in total. The number of carbonyl (C=O) groups is 1. The predicted molar refractivity (Wildman–Crippen MR) is 79.5 cm³/mol. The minimum absolute atomic E-state index is 0.0220. The molecular formula is C13H15N3O3S. The van der Waals surface area contributed by atoms with Crippen LogP contribution in [0.15, 0.2) is 18.2 Å². The first-order chi connectivity index (χ1) is 9.47. The van der Waals surface area contributed by atoms with Gasteiger partial charge in [0, 0.05) is 23.7 Å². The minimum atomic E-state index is -0.472. The number of nitrogens with one attached hydrogen (secondary N) is 2. The summed E-state index contributed by atoms with van der Waals surface area (Å²) in [5, 5.41) is 16.4. The zero-order chi connectivity index (χ0) is 14.7. The van der Waals surface area contributed by atoms with Gasteiger partial charge in [-0.15, -0.1) is 0 Å². The van der Waals surface area contributed by atoms with Crippen molar-refractivity contribution in [3.63, 3.8) is 0 Å². The first-order valence-electron chi connectivity index (χ1n) is 6.34. The van der Waals surface area contributed by atoms with E-state index in [9.17, 15) is 14.9 Å². The number of carbonyl (C=O) groups excluding carboxylic acids is 1. The molecule has 1 saturated carbocycles. The van der Waals surface area contributed by atoms with Gasteiger partial charge in [0.05, 0.1) is 4.92 Å². The lowest BCUT2D eigenvalue weighted by molar-refractivity contribution is -0.384. The Hall–Kier alpha value is -2.02. The monoisotopic (exact) mass is 293 g/mol. The highest BCUT2D eigenvalue weighted by molar-refractivity contribution is 7.80. The Kier molecular flexibility index (Phi) is 4.29. The van der Waals surface area contributed by atoms with Crippen LogP contribution in [0.3, 0.4) is 0 Å². The Morgan fingerprint density at radius 2 is 2.15 bits per heavy atom. The smallest absolute Gasteiger partial charge is 0.271 e. The molecule has 1 aliphatic rings. The zero-order valence-corrected chi connectivity index (χ0v) is 11.8. The number of nitrogens with zero attached hydrogens (tertiary/aromatic N) is 1. The van der Waals surface area contributed by atoms with Crippen LogP contribution in [-0.2, 0) is 4.79 Å². The van der Waals surface area contributed by atoms with E-state index in [4.69, 9.17) is 12.2 Å². The van der Waals surface area contributed by atoms with Gasteiger partial charge < -0.3 is 10.6 Å². The second-order valence-corrected chi connectivity index (χ2v) is 5.24. The van der Waals surface area contributed by atoms with Crippen molar-refractivity contribution in [2.75, 3.05) is 5.32 Å². The summed E-state index contributed by atoms with van der Waals surface area (Å²) in [5.74, 6) is -0.0437. The van der Waals surface area contributed by atoms with E-state index in [2.05, 4.69) is 10.6 Å². The molecule has 1 aliphatic carbocycles. The topological polar surface area (TPSA) is 84.3 Å². The van der Waals surface area contributed by atoms with E-state index in [1.165, 1.54) is 12.1 Å². The molecule has 2 rings (SSSR count). The number of benzene rings is 1. The molecule has 1 aromatic carbocycles. The summed E-state index contributed by atoms with van der Waals surface area (Å²) in [6.07, 6.45) is 2.86. The van der Waals surface area contributed by atoms with Gasteiger partial charge in [0.15, 0.2) is 5.11 Å². The third-order valence-electron chi connectivity index (χ3n) is 3.39. The van der Waals surface area contributed by atoms with Crippen LogP contribution in [0.5, 0.6) is 0 Å². The summed E-state index contributed by atoms with van der Waals surface area (Å²) in [6.45, 7) is 1.81. The van der Waals surface area contributed by atoms with Crippen molar-refractivity contribution in [3.8, 4) is 0 Å². The standard InChI is InChI=1S/C13H15N3O3S/c1-8-5-6-10(16(18)19)7-11(8)14-13(20)15-12(17)9-3-2-4-9/h5-7,9H,2-4H2,1H3,(H2,14,15,17,20). The Bertz CT molecular complexity index is 570. The van der Waals surface area contributed by atoms with Crippen LogP contribution in [0, 0.1) is 23.0 Å². The number of anilines is 1. The number of aryl methyl sites for hydroxylation is 1. The van der Waals surface area contributed by atoms with Gasteiger partial charge >= 0.3 is 0 Å². The molecular weight excluding hydrogens is 278 g/mol. The SMILES string of the molecule is Cc1ccc([N+](=O)[O-])cc1NC(=S)NC(=O)C1CCC1. The van der Waals surface area contributed by atoms with Gasteiger partial charge in [0.25, 0.3) is 5.69 Å². The first kappa shape index (κ1) is 14.4. The molecule has 1 aromatic rings. The van der Waals surface area contributed by atoms with Gasteiger partial charge in [0.1, 0.15) is 0 Å². The molecule has 7 heteroatoms. The molecule has 20 heavy (non-hydrogen) atoms. The maximum absolute atomic E-state index is 11.7. The highest BCUT2D eigenvalue weighted by Gasteiger charge is 2.25. The Labute approximate surface area is 121 Å². The van der Waals surface area contributed by atoms with Gasteiger partial charge in [-0.25, -0.2) is 0 Å². The van der Waals surface area contributed by atoms with Gasteiger partial charge in [-0.2, -0.15) is 0 Å². The second kappa shape index (κ2) is 5.96. The van der Waals surface area contributed by atoms with Crippen molar-refractivity contribution >= 4 is 34.6 Å². The molecule has 0 unspecified atom stereocenters. The number of rotatable bonds is 3. The van der Waals surface area contributed by atoms with E-state index in [1.807, 2.05) is 6.92 Å². The molecule has 0 aliphatic heterocycles. The molecule has 1 fully saturated rings. The number of non-ortho nitro benzene ring substituents is 1. The summed E-state index contributed by atoms with van der Waals surface area (Å²) in [5.41, 5.74) is 1.32. The van der Waals surface area contributed by atoms with Crippen molar-refractivity contribution < 1.29 is 9.72 Å². The number of hydrogen-bond acceptors (Lipinski definition) is 4. The molecule has 0 bridgehead atoms. The number of amides is 1. The third-order valence-corrected chi connectivity index (χ3v) is 3.60. The Morgan fingerprint density at radius 3 is 2.70 bits per heavy atom. The zero-order valence-electron chi connectivity index (χ0n) is 11.0. The van der Waals surface area contributed by atoms with Crippen LogP contribution in [-0.4, -0.2) is 15.9 Å². The maximum atomic E-state index is 11.7. The van der Waals surface area contributed by atoms with Gasteiger partial charge in [-0.3, -0.25) is 14.9 Å². The van der Waals surface area contributed by atoms with Gasteiger partial charge in [-0.1, -0.05) is 12.5 Å². The van der Waals surface area contributed by atoms with Crippen LogP contribution in [0.2, 0.25) is 0 Å². The summed E-state index contributed by atoms with van der Waals surface area (Å²) >= 11 is 5.06. The van der Waals surface area contributed by atoms with Crippen LogP contribution >= 0.6 is 12.2 Å². The molecule has 0 saturated heterocycles. The summed E-state index contributed by atoms with van der Waals surface area (Å²) in [7, 11) is 0. The quantitative estimate of drug-likeness (QED) is 0.508. The third kappa shape index (κ3) is 3.30. The van der Waals surface area contributed by atoms with Crippen LogP contribution < -0.4 is 10.6 Å². The lowest BCUT2D eigenvalue weighted by atomic mass is 9.85. The molecule has 106 valence electrons.